The molecule has 1 saturated heterocycles. The van der Waals surface area contributed by atoms with E-state index < -0.39 is 0 Å². The normalized spacial score (nSPS) is 30.0. The van der Waals surface area contributed by atoms with Crippen molar-refractivity contribution in [3.8, 4) is 0 Å². The number of rotatable bonds is 1. The zero-order chi connectivity index (χ0) is 14.3. The number of nitrogens with zero attached hydrogens (tertiary/aromatic N) is 2. The topological polar surface area (TPSA) is 59.4 Å². The summed E-state index contributed by atoms with van der Waals surface area (Å²) >= 11 is 0. The van der Waals surface area contributed by atoms with Crippen LogP contribution in [-0.4, -0.2) is 26.8 Å². The molecule has 21 heavy (non-hydrogen) atoms. The van der Waals surface area contributed by atoms with Gasteiger partial charge in [-0.1, -0.05) is 0 Å². The van der Waals surface area contributed by atoms with Crippen molar-refractivity contribution in [1.29, 1.82) is 0 Å². The first-order valence-corrected chi connectivity index (χ1v) is 7.97. The number of aromatic nitrogens is 3. The molecule has 1 spiro atoms. The Kier molecular flexibility index (Phi) is 3.10. The molecule has 1 saturated carbocycles. The molecule has 2 aliphatic rings. The van der Waals surface area contributed by atoms with Crippen molar-refractivity contribution < 1.29 is 4.74 Å². The third-order valence-electron chi connectivity index (χ3n) is 5.15. The zero-order valence-electron chi connectivity index (χ0n) is 12.2. The maximum absolute atomic E-state index is 12.1. The van der Waals surface area contributed by atoms with Crippen LogP contribution in [0.1, 0.15) is 56.6 Å². The van der Waals surface area contributed by atoms with Crippen molar-refractivity contribution in [2.45, 2.75) is 56.5 Å². The van der Waals surface area contributed by atoms with Gasteiger partial charge in [0.15, 0.2) is 5.65 Å². The summed E-state index contributed by atoms with van der Waals surface area (Å²) in [4.78, 5) is 16.7. The molecule has 2 fully saturated rings. The average molecular weight is 287 g/mol. The van der Waals surface area contributed by atoms with E-state index in [9.17, 15) is 4.79 Å². The van der Waals surface area contributed by atoms with Gasteiger partial charge in [-0.25, -0.2) is 9.50 Å². The monoisotopic (exact) mass is 287 g/mol. The van der Waals surface area contributed by atoms with E-state index in [-0.39, 0.29) is 11.2 Å². The van der Waals surface area contributed by atoms with Crippen LogP contribution in [0.2, 0.25) is 0 Å². The molecule has 0 aromatic carbocycles. The highest BCUT2D eigenvalue weighted by Gasteiger charge is 2.38. The summed E-state index contributed by atoms with van der Waals surface area (Å²) < 4.78 is 7.57. The van der Waals surface area contributed by atoms with Gasteiger partial charge in [0.2, 0.25) is 0 Å². The molecule has 5 heteroatoms. The molecule has 2 aromatic heterocycles. The maximum Gasteiger partial charge on any atom is 0.272 e. The lowest BCUT2D eigenvalue weighted by molar-refractivity contribution is -0.102. The molecule has 4 rings (SSSR count). The predicted molar refractivity (Wildman–Crippen MR) is 79.6 cm³/mol. The summed E-state index contributed by atoms with van der Waals surface area (Å²) in [5.41, 5.74) is 1.77. The summed E-state index contributed by atoms with van der Waals surface area (Å²) in [6, 6.07) is 3.54. The first-order chi connectivity index (χ1) is 10.3. The third kappa shape index (κ3) is 2.29. The number of aromatic amines is 1. The largest absolute Gasteiger partial charge is 0.375 e. The van der Waals surface area contributed by atoms with Gasteiger partial charge in [0.05, 0.1) is 11.3 Å². The van der Waals surface area contributed by atoms with Crippen LogP contribution in [0, 0.1) is 0 Å². The van der Waals surface area contributed by atoms with Crippen LogP contribution in [0.15, 0.2) is 23.1 Å². The van der Waals surface area contributed by atoms with Gasteiger partial charge in [-0.2, -0.15) is 0 Å². The summed E-state index contributed by atoms with van der Waals surface area (Å²) in [5, 5.41) is 2.89. The quantitative estimate of drug-likeness (QED) is 0.877. The Morgan fingerprint density at radius 3 is 2.90 bits per heavy atom. The lowest BCUT2D eigenvalue weighted by Crippen LogP contribution is -2.39. The molecule has 5 nitrogen and oxygen atoms in total. The van der Waals surface area contributed by atoms with E-state index in [4.69, 9.17) is 4.74 Å². The summed E-state index contributed by atoms with van der Waals surface area (Å²) in [6.45, 7) is 0.916. The summed E-state index contributed by atoms with van der Waals surface area (Å²) in [5.74, 6) is 0.397. The van der Waals surface area contributed by atoms with Gasteiger partial charge in [-0.15, -0.1) is 0 Å². The Hall–Kier alpha value is -1.62. The van der Waals surface area contributed by atoms with Crippen LogP contribution < -0.4 is 5.56 Å². The zero-order valence-corrected chi connectivity index (χ0v) is 12.2. The van der Waals surface area contributed by atoms with Crippen molar-refractivity contribution >= 4 is 5.65 Å². The Morgan fingerprint density at radius 2 is 2.14 bits per heavy atom. The van der Waals surface area contributed by atoms with Crippen LogP contribution in [-0.2, 0) is 4.74 Å². The second-order valence-corrected chi connectivity index (χ2v) is 6.44. The average Bonchev–Trinajstić information content (AvgIpc) is 2.98. The molecule has 112 valence electrons. The lowest BCUT2D eigenvalue weighted by atomic mass is 9.74. The molecule has 0 radical (unpaired) electrons. The van der Waals surface area contributed by atoms with E-state index >= 15 is 0 Å². The van der Waals surface area contributed by atoms with Gasteiger partial charge < -0.3 is 4.74 Å². The fourth-order valence-electron chi connectivity index (χ4n) is 3.90. The van der Waals surface area contributed by atoms with E-state index in [2.05, 4.69) is 10.1 Å². The van der Waals surface area contributed by atoms with Gasteiger partial charge in [0, 0.05) is 30.9 Å². The Labute approximate surface area is 123 Å². The molecular formula is C16H21N3O2. The minimum absolute atomic E-state index is 0.0193. The Morgan fingerprint density at radius 1 is 1.29 bits per heavy atom. The second-order valence-electron chi connectivity index (χ2n) is 6.44. The van der Waals surface area contributed by atoms with Crippen molar-refractivity contribution in [2.24, 2.45) is 0 Å². The highest BCUT2D eigenvalue weighted by atomic mass is 16.5. The van der Waals surface area contributed by atoms with Crippen LogP contribution in [0.3, 0.4) is 0 Å². The molecule has 3 heterocycles. The van der Waals surface area contributed by atoms with E-state index in [1.165, 1.54) is 23.8 Å². The smallest absolute Gasteiger partial charge is 0.272 e. The van der Waals surface area contributed by atoms with Gasteiger partial charge in [0.25, 0.3) is 5.56 Å². The molecule has 0 amide bonds. The van der Waals surface area contributed by atoms with Crippen LogP contribution in [0.5, 0.6) is 0 Å². The van der Waals surface area contributed by atoms with Crippen LogP contribution in [0.4, 0.5) is 0 Å². The van der Waals surface area contributed by atoms with Gasteiger partial charge >= 0.3 is 0 Å². The van der Waals surface area contributed by atoms with Crippen LogP contribution >= 0.6 is 0 Å². The standard InChI is InChI=1S/C16H21N3O2/c20-15-11-13(18-14-5-9-17-19(14)15)12-3-7-16(8-4-12)6-1-2-10-21-16/h5,9,11-12,17H,1-4,6-8,10H2. The molecule has 0 atom stereocenters. The van der Waals surface area contributed by atoms with E-state index in [1.807, 2.05) is 6.07 Å². The predicted octanol–water partition coefficient (Wildman–Crippen LogP) is 2.62. The van der Waals surface area contributed by atoms with Crippen LogP contribution in [0.25, 0.3) is 5.65 Å². The molecule has 1 aliphatic heterocycles. The number of fused-ring (bicyclic) bond motifs is 1. The SMILES string of the molecule is O=c1cc(C2CCC3(CCCCO3)CC2)nc2cc[nH]n12. The van der Waals surface area contributed by atoms with E-state index in [0.717, 1.165) is 38.0 Å². The third-order valence-corrected chi connectivity index (χ3v) is 5.15. The first-order valence-electron chi connectivity index (χ1n) is 7.97. The highest BCUT2D eigenvalue weighted by Crippen LogP contribution is 2.43. The van der Waals surface area contributed by atoms with Gasteiger partial charge in [-0.05, 0) is 44.9 Å². The van der Waals surface area contributed by atoms with Crippen molar-refractivity contribution in [1.82, 2.24) is 14.6 Å². The molecule has 0 unspecified atom stereocenters. The minimum Gasteiger partial charge on any atom is -0.375 e. The number of H-pyrrole nitrogens is 1. The number of hydrogen-bond acceptors (Lipinski definition) is 3. The van der Waals surface area contributed by atoms with Gasteiger partial charge in [0.1, 0.15) is 0 Å². The first kappa shape index (κ1) is 13.1. The lowest BCUT2D eigenvalue weighted by Gasteiger charge is -2.42. The van der Waals surface area contributed by atoms with E-state index in [0.29, 0.717) is 11.6 Å². The van der Waals surface area contributed by atoms with Crippen molar-refractivity contribution in [2.75, 3.05) is 6.61 Å². The fourth-order valence-corrected chi connectivity index (χ4v) is 3.90. The van der Waals surface area contributed by atoms with Gasteiger partial charge in [-0.3, -0.25) is 9.89 Å². The molecular weight excluding hydrogens is 266 g/mol. The molecule has 2 aromatic rings. The maximum atomic E-state index is 12.1. The Bertz CT molecular complexity index is 687. The van der Waals surface area contributed by atoms with E-state index in [1.54, 1.807) is 12.3 Å². The summed E-state index contributed by atoms with van der Waals surface area (Å²) in [7, 11) is 0. The fraction of sp³-hybridized carbons (Fsp3) is 0.625. The second kappa shape index (κ2) is 4.98. The number of nitrogens with one attached hydrogen (secondary N) is 1. The highest BCUT2D eigenvalue weighted by molar-refractivity contribution is 5.37. The number of hydrogen-bond donors (Lipinski definition) is 1. The summed E-state index contributed by atoms with van der Waals surface area (Å²) in [6.07, 6.45) is 9.80. The number of ether oxygens (including phenoxy) is 1. The van der Waals surface area contributed by atoms with Crippen molar-refractivity contribution in [3.05, 3.63) is 34.4 Å². The van der Waals surface area contributed by atoms with Crippen molar-refractivity contribution in [3.63, 3.8) is 0 Å². The molecule has 1 N–H and O–H groups in total. The molecule has 1 aliphatic carbocycles. The minimum atomic E-state index is -0.0193. The molecule has 0 bridgehead atoms. The Balaban J connectivity index is 1.55.